The maximum atomic E-state index is 12.9. The summed E-state index contributed by atoms with van der Waals surface area (Å²) in [5.41, 5.74) is 2.66. The first-order valence-electron chi connectivity index (χ1n) is 9.78. The van der Waals surface area contributed by atoms with Gasteiger partial charge in [-0.2, -0.15) is 4.98 Å². The molecule has 1 N–H and O–H groups in total. The summed E-state index contributed by atoms with van der Waals surface area (Å²) < 4.78 is 5.69. The van der Waals surface area contributed by atoms with Crippen LogP contribution in [0, 0.1) is 5.92 Å². The number of benzene rings is 1. The van der Waals surface area contributed by atoms with Crippen LogP contribution in [0.15, 0.2) is 56.9 Å². The van der Waals surface area contributed by atoms with Gasteiger partial charge in [-0.15, -0.1) is 23.1 Å². The highest BCUT2D eigenvalue weighted by atomic mass is 32.2. The third-order valence-electron chi connectivity index (χ3n) is 4.99. The lowest BCUT2D eigenvalue weighted by Crippen LogP contribution is -2.47. The minimum Gasteiger partial charge on any atom is -0.334 e. The van der Waals surface area contributed by atoms with Gasteiger partial charge in [-0.05, 0) is 48.2 Å². The van der Waals surface area contributed by atoms with Gasteiger partial charge in [0.15, 0.2) is 0 Å². The van der Waals surface area contributed by atoms with E-state index in [2.05, 4.69) is 41.4 Å². The Morgan fingerprint density at radius 2 is 2.03 bits per heavy atom. The van der Waals surface area contributed by atoms with E-state index in [0.29, 0.717) is 24.2 Å². The fourth-order valence-electron chi connectivity index (χ4n) is 3.53. The molecular formula is C22H24N4O2S2. The fourth-order valence-corrected chi connectivity index (χ4v) is 4.59. The number of nitrogens with zero attached hydrogens (tertiary/aromatic N) is 3. The van der Waals surface area contributed by atoms with Crippen LogP contribution in [0.25, 0.3) is 16.3 Å². The predicted octanol–water partition coefficient (Wildman–Crippen LogP) is 5.67. The number of carbonyl (C=O) groups excluding carboxylic acids is 1. The molecule has 2 aromatic heterocycles. The van der Waals surface area contributed by atoms with Crippen LogP contribution in [-0.4, -0.2) is 33.9 Å². The number of carbonyl (C=O) groups is 1. The molecular weight excluding hydrogens is 416 g/mol. The van der Waals surface area contributed by atoms with Crippen LogP contribution in [0.3, 0.4) is 0 Å². The topological polar surface area (TPSA) is 71.3 Å². The molecule has 3 heterocycles. The van der Waals surface area contributed by atoms with E-state index in [1.165, 1.54) is 4.90 Å². The summed E-state index contributed by atoms with van der Waals surface area (Å²) in [4.78, 5) is 21.5. The molecule has 1 aromatic carbocycles. The van der Waals surface area contributed by atoms with Crippen molar-refractivity contribution in [1.82, 2.24) is 20.4 Å². The monoisotopic (exact) mass is 440 g/mol. The molecule has 156 valence electrons. The predicted molar refractivity (Wildman–Crippen MR) is 121 cm³/mol. The van der Waals surface area contributed by atoms with E-state index in [1.54, 1.807) is 28.0 Å². The number of aromatic nitrogens is 2. The van der Waals surface area contributed by atoms with Crippen molar-refractivity contribution >= 4 is 34.7 Å². The average Bonchev–Trinajstić information content (AvgIpc) is 3.42. The number of hydrogen-bond acceptors (Lipinski definition) is 6. The van der Waals surface area contributed by atoms with E-state index in [-0.39, 0.29) is 12.1 Å². The van der Waals surface area contributed by atoms with Crippen molar-refractivity contribution in [2.45, 2.75) is 31.7 Å². The van der Waals surface area contributed by atoms with Crippen LogP contribution in [0.4, 0.5) is 4.79 Å². The summed E-state index contributed by atoms with van der Waals surface area (Å²) in [5.74, 6) is 1.32. The molecule has 1 atom stereocenters. The largest absolute Gasteiger partial charge is 0.334 e. The van der Waals surface area contributed by atoms with Crippen molar-refractivity contribution in [2.75, 3.05) is 12.8 Å². The Kier molecular flexibility index (Phi) is 5.97. The van der Waals surface area contributed by atoms with Gasteiger partial charge < -0.3 is 9.84 Å². The SMILES string of the molecule is CSc1ccc(C2NC(=O)N(CC(C)C)C(C)=C2c2nc(-c3cccs3)no2)cc1. The van der Waals surface area contributed by atoms with E-state index < -0.39 is 0 Å². The Bertz CT molecular complexity index is 1060. The van der Waals surface area contributed by atoms with Gasteiger partial charge in [0.25, 0.3) is 5.89 Å². The van der Waals surface area contributed by atoms with Crippen molar-refractivity contribution in [1.29, 1.82) is 0 Å². The van der Waals surface area contributed by atoms with Gasteiger partial charge in [0.1, 0.15) is 0 Å². The van der Waals surface area contributed by atoms with Gasteiger partial charge in [-0.1, -0.05) is 37.2 Å². The normalized spacial score (nSPS) is 17.0. The minimum absolute atomic E-state index is 0.109. The molecule has 3 aromatic rings. The van der Waals surface area contributed by atoms with Crippen LogP contribution in [0.2, 0.25) is 0 Å². The number of thiophene rings is 1. The highest BCUT2D eigenvalue weighted by molar-refractivity contribution is 7.98. The number of urea groups is 1. The van der Waals surface area contributed by atoms with Gasteiger partial charge in [0.05, 0.1) is 16.5 Å². The second kappa shape index (κ2) is 8.65. The summed E-state index contributed by atoms with van der Waals surface area (Å²) in [6, 6.07) is 11.7. The molecule has 2 amide bonds. The zero-order valence-corrected chi connectivity index (χ0v) is 19.0. The molecule has 0 spiro atoms. The highest BCUT2D eigenvalue weighted by Crippen LogP contribution is 2.38. The molecule has 1 aliphatic rings. The lowest BCUT2D eigenvalue weighted by molar-refractivity contribution is 0.199. The Balaban J connectivity index is 1.80. The Morgan fingerprint density at radius 1 is 1.27 bits per heavy atom. The zero-order valence-electron chi connectivity index (χ0n) is 17.4. The molecule has 6 nitrogen and oxygen atoms in total. The van der Waals surface area contributed by atoms with Crippen LogP contribution >= 0.6 is 23.1 Å². The molecule has 1 unspecified atom stereocenters. The van der Waals surface area contributed by atoms with Crippen LogP contribution in [0.1, 0.15) is 38.3 Å². The van der Waals surface area contributed by atoms with Crippen molar-refractivity contribution in [3.63, 3.8) is 0 Å². The first kappa shape index (κ1) is 20.7. The molecule has 0 saturated carbocycles. The molecule has 4 rings (SSSR count). The van der Waals surface area contributed by atoms with Gasteiger partial charge >= 0.3 is 6.03 Å². The quantitative estimate of drug-likeness (QED) is 0.500. The van der Waals surface area contributed by atoms with Crippen LogP contribution in [-0.2, 0) is 0 Å². The molecule has 0 bridgehead atoms. The van der Waals surface area contributed by atoms with Crippen LogP contribution in [0.5, 0.6) is 0 Å². The van der Waals surface area contributed by atoms with E-state index in [0.717, 1.165) is 21.7 Å². The number of hydrogen-bond donors (Lipinski definition) is 1. The summed E-state index contributed by atoms with van der Waals surface area (Å²) >= 11 is 3.25. The summed E-state index contributed by atoms with van der Waals surface area (Å²) in [7, 11) is 0. The maximum Gasteiger partial charge on any atom is 0.322 e. The lowest BCUT2D eigenvalue weighted by atomic mass is 9.94. The molecule has 0 aliphatic carbocycles. The Morgan fingerprint density at radius 3 is 2.67 bits per heavy atom. The number of rotatable bonds is 6. The van der Waals surface area contributed by atoms with Crippen LogP contribution < -0.4 is 5.32 Å². The number of allylic oxidation sites excluding steroid dienone is 1. The maximum absolute atomic E-state index is 12.9. The second-order valence-electron chi connectivity index (χ2n) is 7.56. The fraction of sp³-hybridized carbons (Fsp3) is 0.318. The van der Waals surface area contributed by atoms with Gasteiger partial charge in [-0.3, -0.25) is 4.90 Å². The summed E-state index contributed by atoms with van der Waals surface area (Å²) in [6.45, 7) is 6.75. The first-order chi connectivity index (χ1) is 14.5. The second-order valence-corrected chi connectivity index (χ2v) is 9.39. The first-order valence-corrected chi connectivity index (χ1v) is 11.9. The molecule has 1 aliphatic heterocycles. The lowest BCUT2D eigenvalue weighted by Gasteiger charge is -2.36. The molecule has 0 fully saturated rings. The van der Waals surface area contributed by atoms with E-state index in [9.17, 15) is 4.79 Å². The molecule has 0 radical (unpaired) electrons. The van der Waals surface area contributed by atoms with Crippen molar-refractivity contribution in [3.05, 3.63) is 58.9 Å². The number of nitrogens with one attached hydrogen (secondary N) is 1. The highest BCUT2D eigenvalue weighted by Gasteiger charge is 2.35. The van der Waals surface area contributed by atoms with Gasteiger partial charge in [0, 0.05) is 17.1 Å². The summed E-state index contributed by atoms with van der Waals surface area (Å²) in [6.07, 6.45) is 2.04. The van der Waals surface area contributed by atoms with Crippen molar-refractivity contribution in [3.8, 4) is 10.7 Å². The molecule has 8 heteroatoms. The van der Waals surface area contributed by atoms with Crippen molar-refractivity contribution in [2.24, 2.45) is 5.92 Å². The van der Waals surface area contributed by atoms with Gasteiger partial charge in [0.2, 0.25) is 5.82 Å². The third-order valence-corrected chi connectivity index (χ3v) is 6.60. The number of thioether (sulfide) groups is 1. The minimum atomic E-state index is -0.353. The standard InChI is InChI=1S/C22H24N4O2S2/c1-13(2)12-26-14(3)18(21-24-20(25-28-21)17-6-5-11-30-17)19(23-22(26)27)15-7-9-16(29-4)10-8-15/h5-11,13,19H,12H2,1-4H3,(H,23,27). The zero-order chi connectivity index (χ0) is 21.3. The van der Waals surface area contributed by atoms with Crippen molar-refractivity contribution < 1.29 is 9.32 Å². The molecule has 30 heavy (non-hydrogen) atoms. The molecule has 0 saturated heterocycles. The van der Waals surface area contributed by atoms with E-state index >= 15 is 0 Å². The Hall–Kier alpha value is -2.58. The van der Waals surface area contributed by atoms with Gasteiger partial charge in [-0.25, -0.2) is 4.79 Å². The Labute approximate surface area is 184 Å². The van der Waals surface area contributed by atoms with E-state index in [1.807, 2.05) is 42.8 Å². The summed E-state index contributed by atoms with van der Waals surface area (Å²) in [5, 5.41) is 9.31. The van der Waals surface area contributed by atoms with E-state index in [4.69, 9.17) is 4.52 Å². The average molecular weight is 441 g/mol. The number of amides is 2. The smallest absolute Gasteiger partial charge is 0.322 e. The third kappa shape index (κ3) is 4.02.